The third kappa shape index (κ3) is 5.44. The van der Waals surface area contributed by atoms with E-state index < -0.39 is 12.1 Å². The molecule has 6 heteroatoms. The molecule has 1 fully saturated rings. The smallest absolute Gasteiger partial charge is 0.338 e. The summed E-state index contributed by atoms with van der Waals surface area (Å²) in [7, 11) is 0. The highest BCUT2D eigenvalue weighted by Crippen LogP contribution is 2.29. The molecule has 0 unspecified atom stereocenters. The second kappa shape index (κ2) is 9.96. The number of esters is 1. The van der Waals surface area contributed by atoms with Gasteiger partial charge in [-0.15, -0.1) is 0 Å². The zero-order chi connectivity index (χ0) is 21.6. The van der Waals surface area contributed by atoms with E-state index in [9.17, 15) is 9.59 Å². The van der Waals surface area contributed by atoms with Crippen LogP contribution in [-0.2, 0) is 20.7 Å². The maximum absolute atomic E-state index is 12.6. The molecule has 6 nitrogen and oxygen atoms in total. The van der Waals surface area contributed by atoms with Gasteiger partial charge in [0.2, 0.25) is 0 Å². The Morgan fingerprint density at radius 1 is 1.10 bits per heavy atom. The molecule has 2 aliphatic rings. The Morgan fingerprint density at radius 2 is 1.90 bits per heavy atom. The van der Waals surface area contributed by atoms with E-state index in [0.29, 0.717) is 17.9 Å². The number of nitrogens with one attached hydrogen (secondary N) is 1. The van der Waals surface area contributed by atoms with Crippen molar-refractivity contribution in [1.82, 2.24) is 5.32 Å². The van der Waals surface area contributed by atoms with Crippen LogP contribution in [0.4, 0.5) is 0 Å². The zero-order valence-corrected chi connectivity index (χ0v) is 17.8. The highest BCUT2D eigenvalue weighted by Gasteiger charge is 2.25. The minimum atomic E-state index is -0.878. The van der Waals surface area contributed by atoms with Crippen LogP contribution in [0.15, 0.2) is 48.5 Å². The molecular formula is C25H29NO5. The zero-order valence-electron chi connectivity index (χ0n) is 17.8. The van der Waals surface area contributed by atoms with Crippen LogP contribution in [0.2, 0.25) is 0 Å². The quantitative estimate of drug-likeness (QED) is 0.682. The van der Waals surface area contributed by atoms with Crippen molar-refractivity contribution < 1.29 is 23.8 Å². The van der Waals surface area contributed by atoms with Crippen LogP contribution in [0.3, 0.4) is 0 Å². The van der Waals surface area contributed by atoms with Gasteiger partial charge < -0.3 is 19.5 Å². The number of carbonyl (C=O) groups is 2. The number of amides is 1. The molecule has 1 aliphatic heterocycles. The monoisotopic (exact) mass is 423 g/mol. The summed E-state index contributed by atoms with van der Waals surface area (Å²) in [6.07, 6.45) is 4.28. The van der Waals surface area contributed by atoms with Crippen molar-refractivity contribution >= 4 is 11.9 Å². The van der Waals surface area contributed by atoms with Crippen molar-refractivity contribution in [2.75, 3.05) is 13.2 Å². The Kier molecular flexibility index (Phi) is 6.87. The van der Waals surface area contributed by atoms with E-state index in [0.717, 1.165) is 44.3 Å². The van der Waals surface area contributed by atoms with E-state index in [1.54, 1.807) is 31.2 Å². The molecule has 0 saturated carbocycles. The summed E-state index contributed by atoms with van der Waals surface area (Å²) in [6.45, 7) is 2.89. The number of hydrogen-bond donors (Lipinski definition) is 1. The van der Waals surface area contributed by atoms with Gasteiger partial charge in [0.25, 0.3) is 5.91 Å². The van der Waals surface area contributed by atoms with Crippen LogP contribution in [-0.4, -0.2) is 37.3 Å². The maximum atomic E-state index is 12.6. The van der Waals surface area contributed by atoms with Gasteiger partial charge in [0.15, 0.2) is 6.10 Å². The van der Waals surface area contributed by atoms with Crippen molar-refractivity contribution in [3.63, 3.8) is 0 Å². The Bertz CT molecular complexity index is 904. The molecule has 1 N–H and O–H groups in total. The number of carbonyl (C=O) groups excluding carboxylic acids is 2. The molecule has 0 radical (unpaired) electrons. The first-order valence-electron chi connectivity index (χ1n) is 11.0. The van der Waals surface area contributed by atoms with Gasteiger partial charge in [-0.25, -0.2) is 4.79 Å². The maximum Gasteiger partial charge on any atom is 0.338 e. The fraction of sp³-hybridized carbons (Fsp3) is 0.440. The molecule has 164 valence electrons. The molecule has 2 aromatic carbocycles. The van der Waals surface area contributed by atoms with Gasteiger partial charge in [-0.2, -0.15) is 0 Å². The lowest BCUT2D eigenvalue weighted by atomic mass is 9.87. The molecule has 4 rings (SSSR count). The van der Waals surface area contributed by atoms with Crippen LogP contribution >= 0.6 is 0 Å². The van der Waals surface area contributed by atoms with Crippen LogP contribution in [0, 0.1) is 0 Å². The molecule has 1 heterocycles. The van der Waals surface area contributed by atoms with Gasteiger partial charge in [-0.05, 0) is 74.4 Å². The van der Waals surface area contributed by atoms with Crippen molar-refractivity contribution in [2.24, 2.45) is 0 Å². The average molecular weight is 424 g/mol. The van der Waals surface area contributed by atoms with Crippen molar-refractivity contribution in [3.8, 4) is 5.75 Å². The second-order valence-electron chi connectivity index (χ2n) is 8.17. The molecule has 0 aromatic heterocycles. The van der Waals surface area contributed by atoms with E-state index in [2.05, 4.69) is 17.4 Å². The van der Waals surface area contributed by atoms with Gasteiger partial charge in [-0.3, -0.25) is 4.79 Å². The Balaban J connectivity index is 1.28. The number of hydrogen-bond acceptors (Lipinski definition) is 5. The minimum absolute atomic E-state index is 0.0427. The Hall–Kier alpha value is -2.86. The second-order valence-corrected chi connectivity index (χ2v) is 8.17. The molecule has 1 aliphatic carbocycles. The minimum Gasteiger partial charge on any atom is -0.491 e. The lowest BCUT2D eigenvalue weighted by Gasteiger charge is -2.27. The van der Waals surface area contributed by atoms with Gasteiger partial charge in [0.1, 0.15) is 12.4 Å². The number of fused-ring (bicyclic) bond motifs is 1. The molecule has 2 aromatic rings. The molecule has 1 saturated heterocycles. The summed E-state index contributed by atoms with van der Waals surface area (Å²) in [4.78, 5) is 25.1. The van der Waals surface area contributed by atoms with Gasteiger partial charge >= 0.3 is 5.97 Å². The van der Waals surface area contributed by atoms with E-state index >= 15 is 0 Å². The Labute approximate surface area is 182 Å². The summed E-state index contributed by atoms with van der Waals surface area (Å²) in [6, 6.07) is 14.9. The van der Waals surface area contributed by atoms with Crippen LogP contribution in [0.25, 0.3) is 0 Å². The van der Waals surface area contributed by atoms with Crippen molar-refractivity contribution in [1.29, 1.82) is 0 Å². The van der Waals surface area contributed by atoms with E-state index in [1.807, 2.05) is 12.1 Å². The lowest BCUT2D eigenvalue weighted by molar-refractivity contribution is -0.130. The molecule has 1 amide bonds. The van der Waals surface area contributed by atoms with Crippen LogP contribution in [0.1, 0.15) is 60.1 Å². The normalized spacial score (nSPS) is 21.1. The summed E-state index contributed by atoms with van der Waals surface area (Å²) in [5.74, 6) is -0.141. The number of rotatable bonds is 7. The largest absolute Gasteiger partial charge is 0.491 e. The number of aryl methyl sites for hydroxylation is 1. The third-order valence-corrected chi connectivity index (χ3v) is 5.89. The fourth-order valence-corrected chi connectivity index (χ4v) is 4.13. The number of ether oxygens (including phenoxy) is 3. The molecule has 0 spiro atoms. The van der Waals surface area contributed by atoms with Gasteiger partial charge in [0.05, 0.1) is 17.7 Å². The van der Waals surface area contributed by atoms with Crippen LogP contribution in [0.5, 0.6) is 5.75 Å². The van der Waals surface area contributed by atoms with Crippen LogP contribution < -0.4 is 10.1 Å². The van der Waals surface area contributed by atoms with E-state index in [1.165, 1.54) is 5.56 Å². The molecule has 3 atom stereocenters. The van der Waals surface area contributed by atoms with Crippen molar-refractivity contribution in [2.45, 2.75) is 57.3 Å². The molecule has 31 heavy (non-hydrogen) atoms. The standard InChI is InChI=1S/C25H29NO5/c1-17(24(27)26-23-10-4-7-18-6-2-3-9-22(18)23)31-25(28)19-11-13-20(14-12-19)30-16-21-8-5-15-29-21/h2-3,6,9,11-14,17,21,23H,4-5,7-8,10,15-16H2,1H3,(H,26,27)/t17-,21-,23-/m0/s1. The predicted molar refractivity (Wildman–Crippen MR) is 116 cm³/mol. The average Bonchev–Trinajstić information content (AvgIpc) is 3.32. The number of benzene rings is 2. The molecular weight excluding hydrogens is 394 g/mol. The summed E-state index contributed by atoms with van der Waals surface area (Å²) in [5.41, 5.74) is 2.80. The topological polar surface area (TPSA) is 73.9 Å². The van der Waals surface area contributed by atoms with Crippen molar-refractivity contribution in [3.05, 3.63) is 65.2 Å². The summed E-state index contributed by atoms with van der Waals surface area (Å²) in [5, 5.41) is 3.04. The SMILES string of the molecule is C[C@H](OC(=O)c1ccc(OC[C@@H]2CCCO2)cc1)C(=O)N[C@H]1CCCc2ccccc21. The molecule has 0 bridgehead atoms. The van der Waals surface area contributed by atoms with E-state index in [-0.39, 0.29) is 18.1 Å². The predicted octanol–water partition coefficient (Wildman–Crippen LogP) is 3.98. The van der Waals surface area contributed by atoms with E-state index in [4.69, 9.17) is 14.2 Å². The Morgan fingerprint density at radius 3 is 2.68 bits per heavy atom. The first-order chi connectivity index (χ1) is 15.1. The first-order valence-corrected chi connectivity index (χ1v) is 11.0. The van der Waals surface area contributed by atoms with Gasteiger partial charge in [-0.1, -0.05) is 24.3 Å². The summed E-state index contributed by atoms with van der Waals surface area (Å²) >= 11 is 0. The first kappa shape index (κ1) is 21.4. The highest BCUT2D eigenvalue weighted by atomic mass is 16.5. The fourth-order valence-electron chi connectivity index (χ4n) is 4.13. The van der Waals surface area contributed by atoms with Gasteiger partial charge in [0, 0.05) is 6.61 Å². The third-order valence-electron chi connectivity index (χ3n) is 5.89. The highest BCUT2D eigenvalue weighted by molar-refractivity contribution is 5.92. The summed E-state index contributed by atoms with van der Waals surface area (Å²) < 4.78 is 16.7. The lowest BCUT2D eigenvalue weighted by Crippen LogP contribution is -2.39.